The number of anilines is 1. The Hall–Kier alpha value is -1.83. The van der Waals surface area contributed by atoms with Crippen LogP contribution < -0.4 is 5.73 Å². The minimum Gasteiger partial charge on any atom is -0.396 e. The lowest BCUT2D eigenvalue weighted by Crippen LogP contribution is -2.10. The van der Waals surface area contributed by atoms with E-state index in [9.17, 15) is 4.39 Å². The van der Waals surface area contributed by atoms with Crippen molar-refractivity contribution < 1.29 is 4.39 Å². The van der Waals surface area contributed by atoms with Gasteiger partial charge in [-0.05, 0) is 36.0 Å². The van der Waals surface area contributed by atoms with E-state index in [0.717, 1.165) is 11.1 Å². The largest absolute Gasteiger partial charge is 0.396 e. The van der Waals surface area contributed by atoms with Gasteiger partial charge in [-0.25, -0.2) is 4.39 Å². The number of rotatable bonds is 2. The molecule has 2 N–H and O–H groups in total. The van der Waals surface area contributed by atoms with E-state index >= 15 is 0 Å². The van der Waals surface area contributed by atoms with E-state index in [2.05, 4.69) is 6.07 Å². The molecule has 0 amide bonds. The molecule has 1 saturated carbocycles. The number of hydrogen-bond donors (Lipinski definition) is 1. The quantitative estimate of drug-likeness (QED) is 0.777. The van der Waals surface area contributed by atoms with Crippen LogP contribution in [-0.2, 0) is 0 Å². The minimum absolute atomic E-state index is 0.254. The molecule has 0 aliphatic heterocycles. The van der Waals surface area contributed by atoms with Gasteiger partial charge in [-0.1, -0.05) is 42.8 Å². The smallest absolute Gasteiger partial charge is 0.146 e. The van der Waals surface area contributed by atoms with Gasteiger partial charge in [-0.2, -0.15) is 0 Å². The summed E-state index contributed by atoms with van der Waals surface area (Å²) in [6, 6.07) is 13.2. The van der Waals surface area contributed by atoms with Crippen LogP contribution in [0.4, 0.5) is 10.1 Å². The molecule has 0 radical (unpaired) electrons. The molecule has 0 unspecified atom stereocenters. The van der Waals surface area contributed by atoms with Gasteiger partial charge in [-0.3, -0.25) is 0 Å². The van der Waals surface area contributed by atoms with E-state index in [1.807, 2.05) is 24.3 Å². The van der Waals surface area contributed by atoms with E-state index < -0.39 is 0 Å². The summed E-state index contributed by atoms with van der Waals surface area (Å²) in [6.07, 6.45) is 3.75. The van der Waals surface area contributed by atoms with Gasteiger partial charge >= 0.3 is 0 Å². The molecule has 0 saturated heterocycles. The lowest BCUT2D eigenvalue weighted by molar-refractivity contribution is 0.420. The standard InChI is InChI=1S/C16H16FN/c17-15-10-4-9-14(16(15)18)13-8-2-1-7-12(13)11-5-3-6-11/h1-2,4,7-11H,3,5-6,18H2. The van der Waals surface area contributed by atoms with Crippen molar-refractivity contribution in [3.8, 4) is 11.1 Å². The van der Waals surface area contributed by atoms with Gasteiger partial charge in [0.15, 0.2) is 0 Å². The van der Waals surface area contributed by atoms with E-state index in [1.165, 1.54) is 30.9 Å². The normalized spacial score (nSPS) is 15.4. The summed E-state index contributed by atoms with van der Waals surface area (Å²) in [5, 5.41) is 0. The average Bonchev–Trinajstić information content (AvgIpc) is 2.32. The topological polar surface area (TPSA) is 26.0 Å². The fourth-order valence-corrected chi connectivity index (χ4v) is 2.59. The van der Waals surface area contributed by atoms with Crippen LogP contribution in [0.25, 0.3) is 11.1 Å². The molecule has 2 aromatic rings. The second-order valence-corrected chi connectivity index (χ2v) is 4.92. The molecule has 1 nitrogen and oxygen atoms in total. The molecule has 1 fully saturated rings. The summed E-state index contributed by atoms with van der Waals surface area (Å²) in [5.41, 5.74) is 9.33. The molecule has 2 heteroatoms. The Morgan fingerprint density at radius 2 is 1.67 bits per heavy atom. The molecule has 1 aliphatic rings. The van der Waals surface area contributed by atoms with Gasteiger partial charge in [-0.15, -0.1) is 0 Å². The number of benzene rings is 2. The van der Waals surface area contributed by atoms with Crippen LogP contribution in [-0.4, -0.2) is 0 Å². The molecule has 1 aliphatic carbocycles. The fourth-order valence-electron chi connectivity index (χ4n) is 2.59. The van der Waals surface area contributed by atoms with Crippen LogP contribution in [0.5, 0.6) is 0 Å². The summed E-state index contributed by atoms with van der Waals surface area (Å²) >= 11 is 0. The van der Waals surface area contributed by atoms with Crippen molar-refractivity contribution in [1.82, 2.24) is 0 Å². The third-order valence-corrected chi connectivity index (χ3v) is 3.85. The first-order valence-electron chi connectivity index (χ1n) is 6.40. The number of halogens is 1. The Morgan fingerprint density at radius 1 is 0.944 bits per heavy atom. The zero-order chi connectivity index (χ0) is 12.5. The zero-order valence-corrected chi connectivity index (χ0v) is 10.2. The first-order valence-corrected chi connectivity index (χ1v) is 6.40. The lowest BCUT2D eigenvalue weighted by atomic mass is 9.77. The number of nitrogens with two attached hydrogens (primary N) is 1. The highest BCUT2D eigenvalue weighted by Gasteiger charge is 2.23. The predicted octanol–water partition coefficient (Wildman–Crippen LogP) is 4.34. The molecule has 18 heavy (non-hydrogen) atoms. The molecule has 92 valence electrons. The van der Waals surface area contributed by atoms with E-state index in [1.54, 1.807) is 6.07 Å². The van der Waals surface area contributed by atoms with Crippen LogP contribution in [0.3, 0.4) is 0 Å². The highest BCUT2D eigenvalue weighted by Crippen LogP contribution is 2.42. The van der Waals surface area contributed by atoms with Crippen molar-refractivity contribution in [1.29, 1.82) is 0 Å². The second-order valence-electron chi connectivity index (χ2n) is 4.92. The van der Waals surface area contributed by atoms with Gasteiger partial charge in [0, 0.05) is 5.56 Å². The monoisotopic (exact) mass is 241 g/mol. The maximum atomic E-state index is 13.6. The van der Waals surface area contributed by atoms with Gasteiger partial charge in [0.2, 0.25) is 0 Å². The Kier molecular flexibility index (Phi) is 2.78. The summed E-state index contributed by atoms with van der Waals surface area (Å²) < 4.78 is 13.6. The third kappa shape index (κ3) is 1.78. The number of para-hydroxylation sites is 1. The summed E-state index contributed by atoms with van der Waals surface area (Å²) in [5.74, 6) is 0.278. The average molecular weight is 241 g/mol. The molecule has 0 spiro atoms. The Labute approximate surface area is 106 Å². The highest BCUT2D eigenvalue weighted by atomic mass is 19.1. The molecule has 0 aromatic heterocycles. The molecular weight excluding hydrogens is 225 g/mol. The Morgan fingerprint density at radius 3 is 2.39 bits per heavy atom. The van der Waals surface area contributed by atoms with Crippen LogP contribution in [0.2, 0.25) is 0 Å². The predicted molar refractivity (Wildman–Crippen MR) is 72.8 cm³/mol. The first-order chi connectivity index (χ1) is 8.77. The van der Waals surface area contributed by atoms with Gasteiger partial charge in [0.1, 0.15) is 5.82 Å². The lowest BCUT2D eigenvalue weighted by Gasteiger charge is -2.28. The Balaban J connectivity index is 2.13. The highest BCUT2D eigenvalue weighted by molar-refractivity contribution is 5.79. The van der Waals surface area contributed by atoms with Crippen molar-refractivity contribution in [2.45, 2.75) is 25.2 Å². The summed E-state index contributed by atoms with van der Waals surface area (Å²) in [7, 11) is 0. The zero-order valence-electron chi connectivity index (χ0n) is 10.2. The molecular formula is C16H16FN. The Bertz CT molecular complexity index is 573. The van der Waals surface area contributed by atoms with Crippen LogP contribution in [0.1, 0.15) is 30.7 Å². The van der Waals surface area contributed by atoms with Gasteiger partial charge in [0.05, 0.1) is 5.69 Å². The van der Waals surface area contributed by atoms with E-state index in [-0.39, 0.29) is 11.5 Å². The van der Waals surface area contributed by atoms with Crippen LogP contribution in [0, 0.1) is 5.82 Å². The van der Waals surface area contributed by atoms with E-state index in [0.29, 0.717) is 5.92 Å². The van der Waals surface area contributed by atoms with Crippen molar-refractivity contribution in [3.05, 3.63) is 53.8 Å². The minimum atomic E-state index is -0.337. The van der Waals surface area contributed by atoms with Crippen molar-refractivity contribution >= 4 is 5.69 Å². The van der Waals surface area contributed by atoms with E-state index in [4.69, 9.17) is 5.73 Å². The maximum Gasteiger partial charge on any atom is 0.146 e. The third-order valence-electron chi connectivity index (χ3n) is 3.85. The molecule has 2 aromatic carbocycles. The van der Waals surface area contributed by atoms with Crippen molar-refractivity contribution in [3.63, 3.8) is 0 Å². The molecule has 0 heterocycles. The van der Waals surface area contributed by atoms with Gasteiger partial charge in [0.25, 0.3) is 0 Å². The van der Waals surface area contributed by atoms with Crippen molar-refractivity contribution in [2.24, 2.45) is 0 Å². The maximum absolute atomic E-state index is 13.6. The number of hydrogen-bond acceptors (Lipinski definition) is 1. The molecule has 0 bridgehead atoms. The second kappa shape index (κ2) is 4.45. The van der Waals surface area contributed by atoms with Crippen molar-refractivity contribution in [2.75, 3.05) is 5.73 Å². The molecule has 3 rings (SSSR count). The number of nitrogen functional groups attached to an aromatic ring is 1. The first kappa shape index (κ1) is 11.3. The van der Waals surface area contributed by atoms with Crippen LogP contribution >= 0.6 is 0 Å². The van der Waals surface area contributed by atoms with Gasteiger partial charge < -0.3 is 5.73 Å². The van der Waals surface area contributed by atoms with Crippen LogP contribution in [0.15, 0.2) is 42.5 Å². The fraction of sp³-hybridized carbons (Fsp3) is 0.250. The summed E-state index contributed by atoms with van der Waals surface area (Å²) in [4.78, 5) is 0. The summed E-state index contributed by atoms with van der Waals surface area (Å²) in [6.45, 7) is 0. The molecule has 0 atom stereocenters. The SMILES string of the molecule is Nc1c(F)cccc1-c1ccccc1C1CCC1.